The van der Waals surface area contributed by atoms with Crippen molar-refractivity contribution in [1.82, 2.24) is 14.8 Å². The molecule has 30 heavy (non-hydrogen) atoms. The maximum atomic E-state index is 9.77. The Kier molecular flexibility index (Phi) is 5.34. The summed E-state index contributed by atoms with van der Waals surface area (Å²) in [7, 11) is 0. The minimum atomic E-state index is -0.146. The zero-order chi connectivity index (χ0) is 20.7. The summed E-state index contributed by atoms with van der Waals surface area (Å²) in [5.41, 5.74) is 2.52. The molecule has 3 aliphatic heterocycles. The van der Waals surface area contributed by atoms with E-state index in [0.717, 1.165) is 68.8 Å². The maximum absolute atomic E-state index is 9.77. The molecule has 1 unspecified atom stereocenters. The largest absolute Gasteiger partial charge is 0.392 e. The number of aromatic nitrogens is 1. The summed E-state index contributed by atoms with van der Waals surface area (Å²) in [5, 5.41) is 20.2. The van der Waals surface area contributed by atoms with Crippen molar-refractivity contribution in [1.29, 1.82) is 5.26 Å². The van der Waals surface area contributed by atoms with Crippen LogP contribution in [0.4, 0.5) is 5.69 Å². The fourth-order valence-corrected chi connectivity index (χ4v) is 5.18. The van der Waals surface area contributed by atoms with Crippen LogP contribution in [0.2, 0.25) is 0 Å². The van der Waals surface area contributed by atoms with E-state index in [1.165, 1.54) is 0 Å². The highest BCUT2D eigenvalue weighted by atomic mass is 16.5. The fraction of sp³-hybridized carbons (Fsp3) is 0.565. The first kappa shape index (κ1) is 19.7. The number of nitriles is 1. The molecule has 1 N–H and O–H groups in total. The summed E-state index contributed by atoms with van der Waals surface area (Å²) in [4.78, 5) is 11.7. The molecule has 0 amide bonds. The number of anilines is 1. The lowest BCUT2D eigenvalue weighted by atomic mass is 10.0. The van der Waals surface area contributed by atoms with Crippen molar-refractivity contribution in [3.63, 3.8) is 0 Å². The van der Waals surface area contributed by atoms with Gasteiger partial charge in [-0.2, -0.15) is 5.26 Å². The number of aliphatic hydroxyl groups is 1. The van der Waals surface area contributed by atoms with Crippen LogP contribution in [0.25, 0.3) is 10.9 Å². The highest BCUT2D eigenvalue weighted by molar-refractivity contribution is 5.95. The van der Waals surface area contributed by atoms with E-state index in [-0.39, 0.29) is 18.3 Å². The summed E-state index contributed by atoms with van der Waals surface area (Å²) in [6, 6.07) is 10.8. The average molecular weight is 408 g/mol. The second-order valence-corrected chi connectivity index (χ2v) is 8.93. The minimum Gasteiger partial charge on any atom is -0.392 e. The van der Waals surface area contributed by atoms with Crippen molar-refractivity contribution in [3.8, 4) is 6.07 Å². The van der Waals surface area contributed by atoms with Crippen molar-refractivity contribution in [2.75, 3.05) is 50.7 Å². The molecule has 3 fully saturated rings. The first-order valence-electron chi connectivity index (χ1n) is 10.9. The van der Waals surface area contributed by atoms with Crippen LogP contribution in [0.1, 0.15) is 18.9 Å². The number of fused-ring (bicyclic) bond motifs is 1. The Balaban J connectivity index is 1.26. The van der Waals surface area contributed by atoms with Gasteiger partial charge in [-0.25, -0.2) is 0 Å². The van der Waals surface area contributed by atoms with Crippen molar-refractivity contribution in [2.45, 2.75) is 37.7 Å². The van der Waals surface area contributed by atoms with Gasteiger partial charge in [-0.3, -0.25) is 14.8 Å². The van der Waals surface area contributed by atoms with Gasteiger partial charge in [-0.05, 0) is 37.6 Å². The Hall–Kier alpha value is -2.24. The monoisotopic (exact) mass is 407 g/mol. The second kappa shape index (κ2) is 8.12. The molecule has 7 heteroatoms. The number of nitrogens with zero attached hydrogens (tertiary/aromatic N) is 5. The molecule has 2 aromatic rings. The number of hydrogen-bond acceptors (Lipinski definition) is 7. The SMILES string of the molecule is C[C@@H]1CN(c2ccc(C#N)c3ncccc23)C[C@H](CN2CC(N3CCC(O)C3)C2)O1. The molecule has 4 heterocycles. The molecule has 1 aromatic heterocycles. The summed E-state index contributed by atoms with van der Waals surface area (Å²) in [6.45, 7) is 8.70. The third-order valence-electron chi connectivity index (χ3n) is 6.64. The summed E-state index contributed by atoms with van der Waals surface area (Å²) in [5.74, 6) is 0. The van der Waals surface area contributed by atoms with E-state index in [0.29, 0.717) is 11.6 Å². The van der Waals surface area contributed by atoms with Gasteiger partial charge >= 0.3 is 0 Å². The van der Waals surface area contributed by atoms with E-state index >= 15 is 0 Å². The fourth-order valence-electron chi connectivity index (χ4n) is 5.18. The highest BCUT2D eigenvalue weighted by Crippen LogP contribution is 2.31. The number of benzene rings is 1. The van der Waals surface area contributed by atoms with Gasteiger partial charge < -0.3 is 14.7 Å². The molecule has 158 valence electrons. The van der Waals surface area contributed by atoms with Gasteiger partial charge in [0.1, 0.15) is 6.07 Å². The maximum Gasteiger partial charge on any atom is 0.101 e. The smallest absolute Gasteiger partial charge is 0.101 e. The van der Waals surface area contributed by atoms with Crippen molar-refractivity contribution < 1.29 is 9.84 Å². The lowest BCUT2D eigenvalue weighted by Crippen LogP contribution is -2.62. The zero-order valence-electron chi connectivity index (χ0n) is 17.4. The predicted molar refractivity (Wildman–Crippen MR) is 115 cm³/mol. The molecule has 1 aromatic carbocycles. The van der Waals surface area contributed by atoms with Gasteiger partial charge in [0.05, 0.1) is 29.4 Å². The molecule has 3 atom stereocenters. The van der Waals surface area contributed by atoms with Crippen LogP contribution >= 0.6 is 0 Å². The standard InChI is InChI=1S/C23H29N5O2/c1-16-10-28(22-5-4-17(9-24)23-21(22)3-2-7-25-23)15-20(30-16)14-26-11-18(12-26)27-8-6-19(29)13-27/h2-5,7,16,18-20,29H,6,8,10-15H2,1H3/t16-,19?,20+/m1/s1. The number of morpholine rings is 1. The quantitative estimate of drug-likeness (QED) is 0.822. The predicted octanol–water partition coefficient (Wildman–Crippen LogP) is 1.45. The molecular weight excluding hydrogens is 378 g/mol. The molecule has 0 saturated carbocycles. The summed E-state index contributed by atoms with van der Waals surface area (Å²) < 4.78 is 6.27. The first-order valence-corrected chi connectivity index (χ1v) is 10.9. The van der Waals surface area contributed by atoms with Crippen molar-refractivity contribution >= 4 is 16.6 Å². The summed E-state index contributed by atoms with van der Waals surface area (Å²) >= 11 is 0. The second-order valence-electron chi connectivity index (χ2n) is 8.93. The molecule has 0 spiro atoms. The van der Waals surface area contributed by atoms with E-state index in [1.54, 1.807) is 6.20 Å². The molecule has 0 aliphatic carbocycles. The minimum absolute atomic E-state index is 0.146. The topological polar surface area (TPSA) is 75.9 Å². The molecular formula is C23H29N5O2. The van der Waals surface area contributed by atoms with Crippen LogP contribution in [0.15, 0.2) is 30.5 Å². The normalized spacial score (nSPS) is 28.6. The lowest BCUT2D eigenvalue weighted by Gasteiger charge is -2.47. The first-order chi connectivity index (χ1) is 14.6. The van der Waals surface area contributed by atoms with Gasteiger partial charge in [0.2, 0.25) is 0 Å². The van der Waals surface area contributed by atoms with E-state index in [9.17, 15) is 10.4 Å². The molecule has 3 aliphatic rings. The van der Waals surface area contributed by atoms with Crippen LogP contribution in [-0.2, 0) is 4.74 Å². The third-order valence-corrected chi connectivity index (χ3v) is 6.64. The number of ether oxygens (including phenoxy) is 1. The van der Waals surface area contributed by atoms with E-state index in [1.807, 2.05) is 12.1 Å². The zero-order valence-corrected chi connectivity index (χ0v) is 17.4. The molecule has 3 saturated heterocycles. The average Bonchev–Trinajstić information content (AvgIpc) is 3.14. The lowest BCUT2D eigenvalue weighted by molar-refractivity contribution is -0.0558. The molecule has 7 nitrogen and oxygen atoms in total. The van der Waals surface area contributed by atoms with Gasteiger partial charge in [0.15, 0.2) is 0 Å². The van der Waals surface area contributed by atoms with Gasteiger partial charge in [0.25, 0.3) is 0 Å². The van der Waals surface area contributed by atoms with Crippen molar-refractivity contribution in [2.24, 2.45) is 0 Å². The summed E-state index contributed by atoms with van der Waals surface area (Å²) in [6.07, 6.45) is 2.81. The Bertz CT molecular complexity index is 954. The van der Waals surface area contributed by atoms with E-state index in [4.69, 9.17) is 4.74 Å². The number of aliphatic hydroxyl groups excluding tert-OH is 1. The Morgan fingerprint density at radius 2 is 2.07 bits per heavy atom. The van der Waals surface area contributed by atoms with Crippen molar-refractivity contribution in [3.05, 3.63) is 36.0 Å². The third kappa shape index (κ3) is 3.77. The van der Waals surface area contributed by atoms with E-state index < -0.39 is 0 Å². The Labute approximate surface area is 177 Å². The molecule has 0 bridgehead atoms. The number of β-amino-alcohol motifs (C(OH)–C–C–N with tert-alkyl or cyclic N) is 1. The molecule has 5 rings (SSSR count). The van der Waals surface area contributed by atoms with Crippen LogP contribution in [0.3, 0.4) is 0 Å². The number of pyridine rings is 1. The van der Waals surface area contributed by atoms with Crippen LogP contribution in [-0.4, -0.2) is 90.1 Å². The van der Waals surface area contributed by atoms with Gasteiger partial charge in [-0.1, -0.05) is 0 Å². The molecule has 0 radical (unpaired) electrons. The van der Waals surface area contributed by atoms with Crippen LogP contribution in [0.5, 0.6) is 0 Å². The highest BCUT2D eigenvalue weighted by Gasteiger charge is 2.37. The van der Waals surface area contributed by atoms with Crippen LogP contribution < -0.4 is 4.90 Å². The Morgan fingerprint density at radius 1 is 1.20 bits per heavy atom. The van der Waals surface area contributed by atoms with Crippen LogP contribution in [0, 0.1) is 11.3 Å². The van der Waals surface area contributed by atoms with E-state index in [2.05, 4.69) is 44.8 Å². The number of rotatable bonds is 4. The van der Waals surface area contributed by atoms with Gasteiger partial charge in [-0.15, -0.1) is 0 Å². The number of likely N-dealkylation sites (tertiary alicyclic amines) is 2. The number of hydrogen-bond donors (Lipinski definition) is 1. The van der Waals surface area contributed by atoms with Gasteiger partial charge in [0, 0.05) is 69.1 Å². The Morgan fingerprint density at radius 3 is 2.83 bits per heavy atom.